The first-order valence-corrected chi connectivity index (χ1v) is 8.18. The van der Waals surface area contributed by atoms with Gasteiger partial charge in [-0.3, -0.25) is 0 Å². The number of ether oxygens (including phenoxy) is 1. The van der Waals surface area contributed by atoms with Crippen LogP contribution in [0.25, 0.3) is 0 Å². The van der Waals surface area contributed by atoms with Gasteiger partial charge in [0.1, 0.15) is 12.1 Å². The van der Waals surface area contributed by atoms with Gasteiger partial charge in [-0.05, 0) is 38.5 Å². The molecule has 116 valence electrons. The third-order valence-electron chi connectivity index (χ3n) is 4.54. The first-order valence-electron chi connectivity index (χ1n) is 8.18. The number of hydrogen-bond donors (Lipinski definition) is 1. The molecule has 1 saturated heterocycles. The highest BCUT2D eigenvalue weighted by molar-refractivity contribution is 5.49. The molecule has 1 aliphatic heterocycles. The maximum atomic E-state index is 8.83. The summed E-state index contributed by atoms with van der Waals surface area (Å²) in [6.07, 6.45) is 10.1. The summed E-state index contributed by atoms with van der Waals surface area (Å²) < 4.78 is 5.64. The summed E-state index contributed by atoms with van der Waals surface area (Å²) in [5.41, 5.74) is 2.64. The van der Waals surface area contributed by atoms with Crippen molar-refractivity contribution in [2.24, 2.45) is 0 Å². The van der Waals surface area contributed by atoms with Crippen molar-refractivity contribution in [2.45, 2.75) is 51.0 Å². The summed E-state index contributed by atoms with van der Waals surface area (Å²) >= 11 is 0. The van der Waals surface area contributed by atoms with Crippen molar-refractivity contribution in [2.75, 3.05) is 31.2 Å². The van der Waals surface area contributed by atoms with E-state index in [1.807, 2.05) is 0 Å². The van der Waals surface area contributed by atoms with Crippen LogP contribution in [-0.2, 0) is 17.6 Å². The van der Waals surface area contributed by atoms with Gasteiger partial charge in [0.2, 0.25) is 0 Å². The maximum absolute atomic E-state index is 8.83. The Bertz CT molecular complexity index is 459. The largest absolute Gasteiger partial charge is 0.394 e. The Balaban J connectivity index is 1.68. The molecule has 5 heteroatoms. The summed E-state index contributed by atoms with van der Waals surface area (Å²) in [5, 5.41) is 8.83. The lowest BCUT2D eigenvalue weighted by atomic mass is 10.0. The average molecular weight is 291 g/mol. The van der Waals surface area contributed by atoms with Crippen molar-refractivity contribution in [3.63, 3.8) is 0 Å². The molecule has 2 heterocycles. The number of rotatable bonds is 4. The molecule has 2 aliphatic rings. The highest BCUT2D eigenvalue weighted by atomic mass is 16.5. The van der Waals surface area contributed by atoms with Crippen LogP contribution >= 0.6 is 0 Å². The van der Waals surface area contributed by atoms with Gasteiger partial charge >= 0.3 is 0 Å². The molecule has 0 bridgehead atoms. The molecule has 0 saturated carbocycles. The summed E-state index contributed by atoms with van der Waals surface area (Å²) in [7, 11) is 0. The third kappa shape index (κ3) is 3.52. The van der Waals surface area contributed by atoms with E-state index in [0.29, 0.717) is 6.61 Å². The monoisotopic (exact) mass is 291 g/mol. The van der Waals surface area contributed by atoms with Gasteiger partial charge in [0.05, 0.1) is 19.3 Å². The fraction of sp³-hybridized carbons (Fsp3) is 0.750. The summed E-state index contributed by atoms with van der Waals surface area (Å²) in [4.78, 5) is 11.5. The molecule has 1 aromatic heterocycles. The minimum Gasteiger partial charge on any atom is -0.394 e. The number of aliphatic hydroxyl groups is 1. The first-order chi connectivity index (χ1) is 10.4. The third-order valence-corrected chi connectivity index (χ3v) is 4.54. The average Bonchev–Trinajstić information content (AvgIpc) is 2.78. The number of anilines is 1. The molecule has 0 radical (unpaired) electrons. The number of aliphatic hydroxyl groups excluding tert-OH is 1. The van der Waals surface area contributed by atoms with Crippen LogP contribution in [-0.4, -0.2) is 47.5 Å². The minimum absolute atomic E-state index is 0.111. The molecular weight excluding hydrogens is 266 g/mol. The van der Waals surface area contributed by atoms with Crippen LogP contribution in [0.5, 0.6) is 0 Å². The second-order valence-electron chi connectivity index (χ2n) is 5.96. The van der Waals surface area contributed by atoms with Crippen molar-refractivity contribution in [1.29, 1.82) is 0 Å². The maximum Gasteiger partial charge on any atom is 0.135 e. The van der Waals surface area contributed by atoms with Crippen molar-refractivity contribution >= 4 is 5.82 Å². The van der Waals surface area contributed by atoms with E-state index in [9.17, 15) is 0 Å². The van der Waals surface area contributed by atoms with Gasteiger partial charge in [-0.15, -0.1) is 0 Å². The molecule has 3 rings (SSSR count). The van der Waals surface area contributed by atoms with Crippen molar-refractivity contribution in [3.05, 3.63) is 17.6 Å². The fourth-order valence-corrected chi connectivity index (χ4v) is 3.41. The topological polar surface area (TPSA) is 58.5 Å². The Morgan fingerprint density at radius 2 is 1.95 bits per heavy atom. The van der Waals surface area contributed by atoms with Gasteiger partial charge < -0.3 is 14.7 Å². The predicted molar refractivity (Wildman–Crippen MR) is 81.6 cm³/mol. The van der Waals surface area contributed by atoms with Gasteiger partial charge in [0.15, 0.2) is 0 Å². The standard InChI is InChI=1S/C16H25N3O2/c20-10-11-21-13-6-8-19(9-7-13)16-14-4-2-1-3-5-15(14)17-12-18-16/h12-13,20H,1-11H2. The number of fused-ring (bicyclic) bond motifs is 1. The molecule has 1 N–H and O–H groups in total. The fourth-order valence-electron chi connectivity index (χ4n) is 3.41. The molecule has 21 heavy (non-hydrogen) atoms. The van der Waals surface area contributed by atoms with E-state index in [-0.39, 0.29) is 12.7 Å². The van der Waals surface area contributed by atoms with Crippen LogP contribution in [0, 0.1) is 0 Å². The number of aryl methyl sites for hydroxylation is 1. The van der Waals surface area contributed by atoms with Gasteiger partial charge in [0.25, 0.3) is 0 Å². The second-order valence-corrected chi connectivity index (χ2v) is 5.96. The lowest BCUT2D eigenvalue weighted by Crippen LogP contribution is -2.38. The van der Waals surface area contributed by atoms with Gasteiger partial charge in [-0.2, -0.15) is 0 Å². The van der Waals surface area contributed by atoms with Crippen LogP contribution in [0.15, 0.2) is 6.33 Å². The Morgan fingerprint density at radius 3 is 2.76 bits per heavy atom. The Hall–Kier alpha value is -1.20. The van der Waals surface area contributed by atoms with Gasteiger partial charge in [-0.25, -0.2) is 9.97 Å². The number of piperidine rings is 1. The van der Waals surface area contributed by atoms with E-state index in [2.05, 4.69) is 14.9 Å². The molecule has 0 amide bonds. The van der Waals surface area contributed by atoms with E-state index < -0.39 is 0 Å². The molecule has 5 nitrogen and oxygen atoms in total. The molecule has 0 spiro atoms. The highest BCUT2D eigenvalue weighted by Crippen LogP contribution is 2.28. The van der Waals surface area contributed by atoms with E-state index in [1.54, 1.807) is 6.33 Å². The predicted octanol–water partition coefficient (Wildman–Crippen LogP) is 1.72. The van der Waals surface area contributed by atoms with Crippen LogP contribution in [0.1, 0.15) is 43.4 Å². The zero-order valence-electron chi connectivity index (χ0n) is 12.6. The van der Waals surface area contributed by atoms with E-state index >= 15 is 0 Å². The van der Waals surface area contributed by atoms with Gasteiger partial charge in [-0.1, -0.05) is 6.42 Å². The summed E-state index contributed by atoms with van der Waals surface area (Å²) in [6.45, 7) is 2.53. The molecular formula is C16H25N3O2. The Kier molecular flexibility index (Phi) is 5.04. The Labute approximate surface area is 126 Å². The quantitative estimate of drug-likeness (QED) is 0.856. The molecule has 0 aromatic carbocycles. The SMILES string of the molecule is OCCOC1CCN(c2ncnc3c2CCCCC3)CC1. The summed E-state index contributed by atoms with van der Waals surface area (Å²) in [5.74, 6) is 1.16. The molecule has 1 fully saturated rings. The minimum atomic E-state index is 0.111. The first kappa shape index (κ1) is 14.7. The van der Waals surface area contributed by atoms with E-state index in [1.165, 1.54) is 30.5 Å². The van der Waals surface area contributed by atoms with Crippen LogP contribution in [0.3, 0.4) is 0 Å². The lowest BCUT2D eigenvalue weighted by molar-refractivity contribution is 0.0158. The molecule has 0 unspecified atom stereocenters. The van der Waals surface area contributed by atoms with Crippen LogP contribution < -0.4 is 4.90 Å². The summed E-state index contributed by atoms with van der Waals surface area (Å²) in [6, 6.07) is 0. The van der Waals surface area contributed by atoms with Gasteiger partial charge in [0, 0.05) is 24.3 Å². The van der Waals surface area contributed by atoms with Crippen molar-refractivity contribution in [1.82, 2.24) is 9.97 Å². The smallest absolute Gasteiger partial charge is 0.135 e. The number of nitrogens with zero attached hydrogens (tertiary/aromatic N) is 3. The molecule has 1 aliphatic carbocycles. The number of aromatic nitrogens is 2. The van der Waals surface area contributed by atoms with Crippen LogP contribution in [0.4, 0.5) is 5.82 Å². The zero-order valence-corrected chi connectivity index (χ0v) is 12.6. The second kappa shape index (κ2) is 7.18. The molecule has 1 aromatic rings. The highest BCUT2D eigenvalue weighted by Gasteiger charge is 2.24. The zero-order chi connectivity index (χ0) is 14.5. The van der Waals surface area contributed by atoms with Crippen molar-refractivity contribution < 1.29 is 9.84 Å². The van der Waals surface area contributed by atoms with Crippen LogP contribution in [0.2, 0.25) is 0 Å². The Morgan fingerprint density at radius 1 is 1.14 bits per heavy atom. The number of hydrogen-bond acceptors (Lipinski definition) is 5. The molecule has 0 atom stereocenters. The van der Waals surface area contributed by atoms with Crippen molar-refractivity contribution in [3.8, 4) is 0 Å². The normalized spacial score (nSPS) is 20.1. The van der Waals surface area contributed by atoms with E-state index in [4.69, 9.17) is 9.84 Å². The lowest BCUT2D eigenvalue weighted by Gasteiger charge is -2.33. The van der Waals surface area contributed by atoms with E-state index in [0.717, 1.165) is 44.6 Å².